The van der Waals surface area contributed by atoms with Gasteiger partial charge in [-0.1, -0.05) is 30.3 Å². The molecule has 1 aliphatic carbocycles. The fourth-order valence-corrected chi connectivity index (χ4v) is 2.95. The van der Waals surface area contributed by atoms with Crippen LogP contribution in [0.1, 0.15) is 27.6 Å². The molecule has 0 unspecified atom stereocenters. The maximum Gasteiger partial charge on any atom is 0.210 e. The first kappa shape index (κ1) is 14.3. The van der Waals surface area contributed by atoms with Gasteiger partial charge in [-0.25, -0.2) is 0 Å². The molecule has 2 aromatic carbocycles. The van der Waals surface area contributed by atoms with Gasteiger partial charge in [-0.05, 0) is 31.2 Å². The van der Waals surface area contributed by atoms with Crippen LogP contribution in [0.25, 0.3) is 10.9 Å². The molecule has 0 saturated heterocycles. The van der Waals surface area contributed by atoms with Gasteiger partial charge in [-0.2, -0.15) is 0 Å². The molecule has 0 atom stereocenters. The third-order valence-corrected chi connectivity index (χ3v) is 4.23. The number of rotatable bonds is 2. The highest BCUT2D eigenvalue weighted by atomic mass is 16.1. The summed E-state index contributed by atoms with van der Waals surface area (Å²) in [7, 11) is 0. The number of Topliss-reactive ketones (excluding diaryl/α,β-unsaturated/α-hetero) is 2. The van der Waals surface area contributed by atoms with Crippen LogP contribution in [0, 0.1) is 0 Å². The molecule has 0 saturated carbocycles. The van der Waals surface area contributed by atoms with E-state index >= 15 is 0 Å². The molecule has 1 heterocycles. The van der Waals surface area contributed by atoms with Gasteiger partial charge in [0.15, 0.2) is 5.78 Å². The van der Waals surface area contributed by atoms with E-state index < -0.39 is 0 Å². The Morgan fingerprint density at radius 2 is 1.62 bits per heavy atom. The molecule has 24 heavy (non-hydrogen) atoms. The number of aromatic nitrogens is 1. The number of nitrogens with zero attached hydrogens (tertiary/aromatic N) is 1. The predicted molar refractivity (Wildman–Crippen MR) is 93.2 cm³/mol. The summed E-state index contributed by atoms with van der Waals surface area (Å²) in [5.74, 6) is -0.274. The molecule has 1 aromatic heterocycles. The SMILES string of the molecule is CC1=C(Nc2ccc3ncccc3c2)C(=O)c2ccccc2C1=O. The normalized spacial score (nSPS) is 14.0. The van der Waals surface area contributed by atoms with Crippen molar-refractivity contribution in [1.82, 2.24) is 4.98 Å². The fourth-order valence-electron chi connectivity index (χ4n) is 2.95. The van der Waals surface area contributed by atoms with Crippen LogP contribution in [0.4, 0.5) is 5.69 Å². The Morgan fingerprint density at radius 1 is 0.875 bits per heavy atom. The molecule has 0 radical (unpaired) electrons. The van der Waals surface area contributed by atoms with Gasteiger partial charge in [0.25, 0.3) is 0 Å². The Kier molecular flexibility index (Phi) is 3.24. The lowest BCUT2D eigenvalue weighted by molar-refractivity contribution is 0.0976. The van der Waals surface area contributed by atoms with Gasteiger partial charge in [0.1, 0.15) is 0 Å². The van der Waals surface area contributed by atoms with Gasteiger partial charge in [-0.15, -0.1) is 0 Å². The Hall–Kier alpha value is -3.27. The highest BCUT2D eigenvalue weighted by Crippen LogP contribution is 2.28. The number of carbonyl (C=O) groups excluding carboxylic acids is 2. The molecule has 116 valence electrons. The van der Waals surface area contributed by atoms with Crippen molar-refractivity contribution in [2.24, 2.45) is 0 Å². The molecule has 0 amide bonds. The minimum atomic E-state index is -0.158. The lowest BCUT2D eigenvalue weighted by Crippen LogP contribution is -2.24. The second kappa shape index (κ2) is 5.42. The Morgan fingerprint density at radius 3 is 2.42 bits per heavy atom. The van der Waals surface area contributed by atoms with Gasteiger partial charge in [-0.3, -0.25) is 14.6 Å². The zero-order valence-electron chi connectivity index (χ0n) is 13.0. The van der Waals surface area contributed by atoms with Crippen LogP contribution in [-0.4, -0.2) is 16.6 Å². The third-order valence-electron chi connectivity index (χ3n) is 4.23. The summed E-state index contributed by atoms with van der Waals surface area (Å²) >= 11 is 0. The fraction of sp³-hybridized carbons (Fsp3) is 0.0500. The maximum atomic E-state index is 12.8. The highest BCUT2D eigenvalue weighted by molar-refractivity contribution is 6.27. The quantitative estimate of drug-likeness (QED) is 0.776. The smallest absolute Gasteiger partial charge is 0.210 e. The predicted octanol–water partition coefficient (Wildman–Crippen LogP) is 4.00. The van der Waals surface area contributed by atoms with E-state index in [1.165, 1.54) is 0 Å². The topological polar surface area (TPSA) is 59.1 Å². The van der Waals surface area contributed by atoms with Crippen LogP contribution in [0.3, 0.4) is 0 Å². The van der Waals surface area contributed by atoms with Crippen LogP contribution in [-0.2, 0) is 0 Å². The second-order valence-electron chi connectivity index (χ2n) is 5.74. The molecule has 4 nitrogen and oxygen atoms in total. The van der Waals surface area contributed by atoms with Gasteiger partial charge in [0, 0.05) is 34.0 Å². The molecule has 1 N–H and O–H groups in total. The lowest BCUT2D eigenvalue weighted by Gasteiger charge is -2.20. The number of nitrogens with one attached hydrogen (secondary N) is 1. The molecule has 0 spiro atoms. The number of carbonyl (C=O) groups is 2. The van der Waals surface area contributed by atoms with Crippen molar-refractivity contribution < 1.29 is 9.59 Å². The monoisotopic (exact) mass is 314 g/mol. The van der Waals surface area contributed by atoms with Crippen LogP contribution in [0.2, 0.25) is 0 Å². The van der Waals surface area contributed by atoms with E-state index in [4.69, 9.17) is 0 Å². The average molecular weight is 314 g/mol. The molecular formula is C20H14N2O2. The van der Waals surface area contributed by atoms with Gasteiger partial charge in [0.05, 0.1) is 11.2 Å². The average Bonchev–Trinajstić information content (AvgIpc) is 2.63. The second-order valence-corrected chi connectivity index (χ2v) is 5.74. The molecule has 0 aliphatic heterocycles. The number of benzene rings is 2. The lowest BCUT2D eigenvalue weighted by atomic mass is 9.88. The molecule has 1 aliphatic rings. The summed E-state index contributed by atoms with van der Waals surface area (Å²) in [6.07, 6.45) is 1.74. The first-order valence-corrected chi connectivity index (χ1v) is 7.66. The van der Waals surface area contributed by atoms with E-state index in [1.54, 1.807) is 37.4 Å². The van der Waals surface area contributed by atoms with Gasteiger partial charge < -0.3 is 5.32 Å². The highest BCUT2D eigenvalue weighted by Gasteiger charge is 2.29. The summed E-state index contributed by atoms with van der Waals surface area (Å²) in [5.41, 5.74) is 3.31. The van der Waals surface area contributed by atoms with Crippen LogP contribution >= 0.6 is 0 Å². The summed E-state index contributed by atoms with van der Waals surface area (Å²) in [5, 5.41) is 4.09. The number of pyridine rings is 1. The molecular weight excluding hydrogens is 300 g/mol. The van der Waals surface area contributed by atoms with E-state index in [9.17, 15) is 9.59 Å². The van der Waals surface area contributed by atoms with Crippen LogP contribution in [0.5, 0.6) is 0 Å². The van der Waals surface area contributed by atoms with E-state index in [0.717, 1.165) is 16.6 Å². The molecule has 0 bridgehead atoms. The Bertz CT molecular complexity index is 1030. The zero-order valence-corrected chi connectivity index (χ0v) is 13.0. The summed E-state index contributed by atoms with van der Waals surface area (Å²) in [4.78, 5) is 29.6. The molecule has 4 heteroatoms. The first-order chi connectivity index (χ1) is 11.6. The zero-order chi connectivity index (χ0) is 16.7. The molecule has 3 aromatic rings. The van der Waals surface area contributed by atoms with Crippen molar-refractivity contribution in [3.8, 4) is 0 Å². The van der Waals surface area contributed by atoms with Crippen molar-refractivity contribution in [2.45, 2.75) is 6.92 Å². The van der Waals surface area contributed by atoms with Crippen molar-refractivity contribution in [3.63, 3.8) is 0 Å². The maximum absolute atomic E-state index is 12.8. The number of hydrogen-bond donors (Lipinski definition) is 1. The van der Waals surface area contributed by atoms with E-state index in [-0.39, 0.29) is 11.6 Å². The number of anilines is 1. The van der Waals surface area contributed by atoms with Crippen molar-refractivity contribution in [2.75, 3.05) is 5.32 Å². The van der Waals surface area contributed by atoms with Crippen LogP contribution in [0.15, 0.2) is 72.1 Å². The number of hydrogen-bond acceptors (Lipinski definition) is 4. The van der Waals surface area contributed by atoms with E-state index in [2.05, 4.69) is 10.3 Å². The van der Waals surface area contributed by atoms with Gasteiger partial charge in [0.2, 0.25) is 5.78 Å². The van der Waals surface area contributed by atoms with Crippen LogP contribution < -0.4 is 5.32 Å². The molecule has 0 fully saturated rings. The molecule has 4 rings (SSSR count). The minimum Gasteiger partial charge on any atom is -0.352 e. The van der Waals surface area contributed by atoms with E-state index in [0.29, 0.717) is 22.4 Å². The minimum absolute atomic E-state index is 0.116. The van der Waals surface area contributed by atoms with Crippen molar-refractivity contribution in [3.05, 3.63) is 83.2 Å². The number of allylic oxidation sites excluding steroid dienone is 2. The largest absolute Gasteiger partial charge is 0.352 e. The van der Waals surface area contributed by atoms with E-state index in [1.807, 2.05) is 30.3 Å². The number of fused-ring (bicyclic) bond motifs is 2. The Labute approximate surface area is 138 Å². The summed E-state index contributed by atoms with van der Waals surface area (Å²) < 4.78 is 0. The Balaban J connectivity index is 1.76. The third kappa shape index (κ3) is 2.20. The standard InChI is InChI=1S/C20H14N2O2/c1-12-18(20(24)16-7-3-2-6-15(16)19(12)23)22-14-8-9-17-13(11-14)5-4-10-21-17/h2-11,22H,1H3. The first-order valence-electron chi connectivity index (χ1n) is 7.66. The van der Waals surface area contributed by atoms with Crippen molar-refractivity contribution in [1.29, 1.82) is 0 Å². The number of ketones is 2. The summed E-state index contributed by atoms with van der Waals surface area (Å²) in [6.45, 7) is 1.68. The van der Waals surface area contributed by atoms with Gasteiger partial charge >= 0.3 is 0 Å². The summed E-state index contributed by atoms with van der Waals surface area (Å²) in [6, 6.07) is 16.4. The van der Waals surface area contributed by atoms with Crippen molar-refractivity contribution >= 4 is 28.2 Å².